The highest BCUT2D eigenvalue weighted by Gasteiger charge is 2.13. The number of aryl methyl sites for hydroxylation is 2. The number of nitrogens with one attached hydrogen (secondary N) is 1. The first-order valence-electron chi connectivity index (χ1n) is 7.53. The molecule has 0 saturated carbocycles. The van der Waals surface area contributed by atoms with Crippen LogP contribution in [0.5, 0.6) is 0 Å². The van der Waals surface area contributed by atoms with E-state index >= 15 is 0 Å². The van der Waals surface area contributed by atoms with Gasteiger partial charge in [-0.3, -0.25) is 0 Å². The first kappa shape index (κ1) is 15.4. The van der Waals surface area contributed by atoms with Gasteiger partial charge in [-0.15, -0.1) is 15.3 Å². The van der Waals surface area contributed by atoms with E-state index in [1.165, 1.54) is 0 Å². The second kappa shape index (κ2) is 6.06. The lowest BCUT2D eigenvalue weighted by Gasteiger charge is -2.08. The molecule has 0 unspecified atom stereocenters. The third-order valence-corrected chi connectivity index (χ3v) is 3.94. The third kappa shape index (κ3) is 2.87. The van der Waals surface area contributed by atoms with Crippen molar-refractivity contribution in [3.8, 4) is 11.4 Å². The number of anilines is 2. The van der Waals surface area contributed by atoms with Gasteiger partial charge in [0.1, 0.15) is 11.5 Å². The molecule has 9 heteroatoms. The standard InChI is InChI=1S/C16H13ClN8/c1-9-14(22-23-16-19-10(2)24-25(9)16)13-7-8-18-15(21-13)20-12-6-4-3-5-11(12)17/h3-8H,1-2H3,(H,18,20,21). The maximum Gasteiger partial charge on any atom is 0.272 e. The van der Waals surface area contributed by atoms with Gasteiger partial charge in [-0.2, -0.15) is 9.50 Å². The van der Waals surface area contributed by atoms with Gasteiger partial charge in [0.15, 0.2) is 0 Å². The van der Waals surface area contributed by atoms with Crippen molar-refractivity contribution in [1.82, 2.24) is 34.8 Å². The van der Waals surface area contributed by atoms with E-state index in [1.54, 1.807) is 22.8 Å². The minimum Gasteiger partial charge on any atom is -0.323 e. The molecule has 8 nitrogen and oxygen atoms in total. The van der Waals surface area contributed by atoms with Gasteiger partial charge < -0.3 is 5.32 Å². The van der Waals surface area contributed by atoms with Crippen molar-refractivity contribution >= 4 is 29.0 Å². The van der Waals surface area contributed by atoms with Crippen molar-refractivity contribution < 1.29 is 0 Å². The summed E-state index contributed by atoms with van der Waals surface area (Å²) in [6, 6.07) is 9.16. The lowest BCUT2D eigenvalue weighted by Crippen LogP contribution is -2.05. The summed E-state index contributed by atoms with van der Waals surface area (Å²) in [5.41, 5.74) is 2.77. The Morgan fingerprint density at radius 2 is 1.88 bits per heavy atom. The van der Waals surface area contributed by atoms with Crippen molar-refractivity contribution in [1.29, 1.82) is 0 Å². The van der Waals surface area contributed by atoms with Crippen LogP contribution in [0.4, 0.5) is 11.6 Å². The Kier molecular flexibility index (Phi) is 3.73. The molecule has 124 valence electrons. The average molecular weight is 353 g/mol. The normalized spacial score (nSPS) is 11.0. The molecule has 25 heavy (non-hydrogen) atoms. The second-order valence-corrected chi connectivity index (χ2v) is 5.78. The molecule has 4 rings (SSSR count). The molecule has 0 fully saturated rings. The number of rotatable bonds is 3. The van der Waals surface area contributed by atoms with Gasteiger partial charge in [0.05, 0.1) is 22.1 Å². The molecule has 1 aromatic carbocycles. The smallest absolute Gasteiger partial charge is 0.272 e. The number of para-hydroxylation sites is 1. The molecule has 0 aliphatic rings. The monoisotopic (exact) mass is 352 g/mol. The first-order valence-corrected chi connectivity index (χ1v) is 7.91. The van der Waals surface area contributed by atoms with Crippen LogP contribution in [0, 0.1) is 13.8 Å². The zero-order valence-corrected chi connectivity index (χ0v) is 14.2. The van der Waals surface area contributed by atoms with E-state index in [1.807, 2.05) is 32.0 Å². The molecular formula is C16H13ClN8. The highest BCUT2D eigenvalue weighted by Crippen LogP contribution is 2.24. The van der Waals surface area contributed by atoms with Crippen molar-refractivity contribution in [3.63, 3.8) is 0 Å². The maximum absolute atomic E-state index is 6.16. The second-order valence-electron chi connectivity index (χ2n) is 5.38. The zero-order valence-electron chi connectivity index (χ0n) is 13.5. The van der Waals surface area contributed by atoms with Crippen LogP contribution in [0.15, 0.2) is 36.5 Å². The van der Waals surface area contributed by atoms with Crippen LogP contribution in [0.3, 0.4) is 0 Å². The van der Waals surface area contributed by atoms with Gasteiger partial charge in [-0.05, 0) is 32.0 Å². The van der Waals surface area contributed by atoms with E-state index < -0.39 is 0 Å². The summed E-state index contributed by atoms with van der Waals surface area (Å²) in [7, 11) is 0. The number of hydrogen-bond acceptors (Lipinski definition) is 7. The molecule has 1 N–H and O–H groups in total. The molecular weight excluding hydrogens is 340 g/mol. The quantitative estimate of drug-likeness (QED) is 0.605. The molecule has 0 aliphatic carbocycles. The molecule has 0 spiro atoms. The summed E-state index contributed by atoms with van der Waals surface area (Å²) in [5.74, 6) is 1.52. The molecule has 0 atom stereocenters. The van der Waals surface area contributed by atoms with E-state index in [0.29, 0.717) is 34.0 Å². The Morgan fingerprint density at radius 1 is 1.04 bits per heavy atom. The number of halogens is 1. The van der Waals surface area contributed by atoms with Gasteiger partial charge in [-0.25, -0.2) is 9.97 Å². The molecule has 3 aromatic heterocycles. The Balaban J connectivity index is 1.74. The Hall–Kier alpha value is -3.13. The van der Waals surface area contributed by atoms with Crippen LogP contribution < -0.4 is 5.32 Å². The maximum atomic E-state index is 6.16. The Morgan fingerprint density at radius 3 is 2.72 bits per heavy atom. The third-order valence-electron chi connectivity index (χ3n) is 3.61. The van der Waals surface area contributed by atoms with Gasteiger partial charge in [0.25, 0.3) is 5.78 Å². The summed E-state index contributed by atoms with van der Waals surface area (Å²) < 4.78 is 1.65. The van der Waals surface area contributed by atoms with Crippen molar-refractivity contribution in [2.45, 2.75) is 13.8 Å². The fraction of sp³-hybridized carbons (Fsp3) is 0.125. The van der Waals surface area contributed by atoms with Crippen LogP contribution in [-0.2, 0) is 0 Å². The SMILES string of the molecule is Cc1nc2nnc(-c3ccnc(Nc4ccccc4Cl)n3)c(C)n2n1. The van der Waals surface area contributed by atoms with Gasteiger partial charge in [-0.1, -0.05) is 23.7 Å². The van der Waals surface area contributed by atoms with E-state index in [9.17, 15) is 0 Å². The van der Waals surface area contributed by atoms with Gasteiger partial charge >= 0.3 is 0 Å². The molecule has 0 saturated heterocycles. The van der Waals surface area contributed by atoms with E-state index in [0.717, 1.165) is 11.4 Å². The van der Waals surface area contributed by atoms with Crippen LogP contribution in [-0.4, -0.2) is 34.8 Å². The minimum absolute atomic E-state index is 0.418. The number of aromatic nitrogens is 7. The largest absolute Gasteiger partial charge is 0.323 e. The molecule has 0 radical (unpaired) electrons. The molecule has 0 aliphatic heterocycles. The highest BCUT2D eigenvalue weighted by molar-refractivity contribution is 6.33. The van der Waals surface area contributed by atoms with Crippen molar-refractivity contribution in [2.24, 2.45) is 0 Å². The fourth-order valence-electron chi connectivity index (χ4n) is 2.43. The lowest BCUT2D eigenvalue weighted by atomic mass is 10.2. The summed E-state index contributed by atoms with van der Waals surface area (Å²) in [5, 5.41) is 16.4. The summed E-state index contributed by atoms with van der Waals surface area (Å²) in [6.45, 7) is 3.71. The van der Waals surface area contributed by atoms with Crippen molar-refractivity contribution in [2.75, 3.05) is 5.32 Å². The summed E-state index contributed by atoms with van der Waals surface area (Å²) in [4.78, 5) is 13.0. The summed E-state index contributed by atoms with van der Waals surface area (Å²) in [6.07, 6.45) is 1.65. The lowest BCUT2D eigenvalue weighted by molar-refractivity contribution is 0.841. The molecule has 4 aromatic rings. The Bertz CT molecular complexity index is 1070. The average Bonchev–Trinajstić information content (AvgIpc) is 2.99. The van der Waals surface area contributed by atoms with Crippen LogP contribution in [0.1, 0.15) is 11.5 Å². The molecule has 0 amide bonds. The zero-order chi connectivity index (χ0) is 17.4. The summed E-state index contributed by atoms with van der Waals surface area (Å²) >= 11 is 6.16. The first-order chi connectivity index (χ1) is 12.1. The van der Waals surface area contributed by atoms with Crippen LogP contribution >= 0.6 is 11.6 Å². The van der Waals surface area contributed by atoms with Crippen molar-refractivity contribution in [3.05, 3.63) is 53.1 Å². The van der Waals surface area contributed by atoms with E-state index in [-0.39, 0.29) is 0 Å². The number of hydrogen-bond donors (Lipinski definition) is 1. The molecule has 3 heterocycles. The minimum atomic E-state index is 0.418. The Labute approximate surface area is 148 Å². The van der Waals surface area contributed by atoms with Crippen LogP contribution in [0.25, 0.3) is 17.2 Å². The van der Waals surface area contributed by atoms with Crippen LogP contribution in [0.2, 0.25) is 5.02 Å². The highest BCUT2D eigenvalue weighted by atomic mass is 35.5. The molecule has 0 bridgehead atoms. The predicted molar refractivity (Wildman–Crippen MR) is 93.8 cm³/mol. The topological polar surface area (TPSA) is 93.8 Å². The fourth-order valence-corrected chi connectivity index (χ4v) is 2.61. The van der Waals surface area contributed by atoms with E-state index in [2.05, 4.69) is 35.6 Å². The van der Waals surface area contributed by atoms with Gasteiger partial charge in [0, 0.05) is 6.20 Å². The number of nitrogens with zero attached hydrogens (tertiary/aromatic N) is 7. The van der Waals surface area contributed by atoms with E-state index in [4.69, 9.17) is 11.6 Å². The van der Waals surface area contributed by atoms with Gasteiger partial charge in [0.2, 0.25) is 5.95 Å². The number of fused-ring (bicyclic) bond motifs is 1. The number of benzene rings is 1. The predicted octanol–water partition coefficient (Wildman–Crippen LogP) is 2.99.